The number of nitrogens with one attached hydrogen (secondary N) is 2. The lowest BCUT2D eigenvalue weighted by atomic mass is 10.2. The maximum Gasteiger partial charge on any atom is 0.335 e. The van der Waals surface area contributed by atoms with Crippen molar-refractivity contribution in [3.63, 3.8) is 0 Å². The number of carboxylic acid groups (broad SMARTS) is 1. The van der Waals surface area contributed by atoms with Gasteiger partial charge in [0.1, 0.15) is 5.82 Å². The minimum atomic E-state index is -0.973. The summed E-state index contributed by atoms with van der Waals surface area (Å²) in [4.78, 5) is 37.7. The zero-order chi connectivity index (χ0) is 16.4. The Labute approximate surface area is 130 Å². The van der Waals surface area contributed by atoms with E-state index in [4.69, 9.17) is 5.11 Å². The molecule has 0 aliphatic heterocycles. The fraction of sp³-hybridized carbons (Fsp3) is 0.133. The quantitative estimate of drug-likeness (QED) is 0.664. The van der Waals surface area contributed by atoms with Crippen molar-refractivity contribution in [3.8, 4) is 0 Å². The van der Waals surface area contributed by atoms with Crippen LogP contribution in [0.4, 0.5) is 5.69 Å². The standard InChI is InChI=1S/C15H13N5O3/c1-8-18-13-12(14(21)19-8)20-11(7-17-13)6-16-10-4-2-9(3-5-10)15(22)23/h2-5,7,16H,6H2,1H3,(H,22,23)(H,17,18,19,21). The van der Waals surface area contributed by atoms with Gasteiger partial charge in [0.05, 0.1) is 24.0 Å². The number of aromatic nitrogens is 4. The first-order valence-corrected chi connectivity index (χ1v) is 6.83. The summed E-state index contributed by atoms with van der Waals surface area (Å²) in [7, 11) is 0. The SMILES string of the molecule is Cc1nc2ncc(CNc3ccc(C(=O)O)cc3)nc2c(=O)[nH]1. The highest BCUT2D eigenvalue weighted by Gasteiger charge is 2.06. The molecule has 116 valence electrons. The normalized spacial score (nSPS) is 10.7. The Kier molecular flexibility index (Phi) is 3.71. The number of fused-ring (bicyclic) bond motifs is 1. The molecule has 8 heteroatoms. The van der Waals surface area contributed by atoms with Crippen molar-refractivity contribution in [3.05, 3.63) is 57.9 Å². The van der Waals surface area contributed by atoms with Crippen molar-refractivity contribution < 1.29 is 9.90 Å². The van der Waals surface area contributed by atoms with Crippen molar-refractivity contribution in [2.24, 2.45) is 0 Å². The first-order valence-electron chi connectivity index (χ1n) is 6.83. The molecule has 0 spiro atoms. The molecule has 0 saturated carbocycles. The van der Waals surface area contributed by atoms with Crippen molar-refractivity contribution in [2.75, 3.05) is 5.32 Å². The van der Waals surface area contributed by atoms with Gasteiger partial charge in [-0.1, -0.05) is 0 Å². The van der Waals surface area contributed by atoms with Gasteiger partial charge in [0, 0.05) is 5.69 Å². The van der Waals surface area contributed by atoms with E-state index < -0.39 is 5.97 Å². The van der Waals surface area contributed by atoms with Crippen LogP contribution < -0.4 is 10.9 Å². The molecule has 0 aliphatic rings. The van der Waals surface area contributed by atoms with Crippen molar-refractivity contribution >= 4 is 22.8 Å². The van der Waals surface area contributed by atoms with E-state index in [1.165, 1.54) is 12.1 Å². The first kappa shape index (κ1) is 14.6. The Balaban J connectivity index is 1.79. The minimum absolute atomic E-state index is 0.191. The highest BCUT2D eigenvalue weighted by Crippen LogP contribution is 2.11. The molecule has 8 nitrogen and oxygen atoms in total. The summed E-state index contributed by atoms with van der Waals surface area (Å²) in [6, 6.07) is 6.34. The zero-order valence-electron chi connectivity index (χ0n) is 12.2. The summed E-state index contributed by atoms with van der Waals surface area (Å²) < 4.78 is 0. The van der Waals surface area contributed by atoms with E-state index in [-0.39, 0.29) is 16.6 Å². The third kappa shape index (κ3) is 3.15. The molecule has 0 amide bonds. The maximum absolute atomic E-state index is 11.9. The molecule has 0 bridgehead atoms. The number of anilines is 1. The van der Waals surface area contributed by atoms with Crippen LogP contribution in [0, 0.1) is 6.92 Å². The number of aryl methyl sites for hydroxylation is 1. The van der Waals surface area contributed by atoms with Gasteiger partial charge in [-0.3, -0.25) is 4.79 Å². The van der Waals surface area contributed by atoms with Crippen molar-refractivity contribution in [2.45, 2.75) is 13.5 Å². The minimum Gasteiger partial charge on any atom is -0.478 e. The van der Waals surface area contributed by atoms with Gasteiger partial charge in [-0.15, -0.1) is 0 Å². The average molecular weight is 311 g/mol. The number of benzene rings is 1. The smallest absolute Gasteiger partial charge is 0.335 e. The van der Waals surface area contributed by atoms with Crippen LogP contribution >= 0.6 is 0 Å². The van der Waals surface area contributed by atoms with Crippen LogP contribution in [0.2, 0.25) is 0 Å². The predicted octanol–water partition coefficient (Wildman–Crippen LogP) is 1.33. The largest absolute Gasteiger partial charge is 0.478 e. The Morgan fingerprint density at radius 2 is 2.00 bits per heavy atom. The van der Waals surface area contributed by atoms with Gasteiger partial charge in [-0.05, 0) is 31.2 Å². The molecule has 0 radical (unpaired) electrons. The molecule has 0 saturated heterocycles. The number of aromatic amines is 1. The van der Waals surface area contributed by atoms with E-state index >= 15 is 0 Å². The molecule has 3 rings (SSSR count). The Bertz CT molecular complexity index is 934. The second kappa shape index (κ2) is 5.84. The third-order valence-electron chi connectivity index (χ3n) is 3.19. The summed E-state index contributed by atoms with van der Waals surface area (Å²) in [5, 5.41) is 11.9. The van der Waals surface area contributed by atoms with Crippen LogP contribution in [-0.4, -0.2) is 31.0 Å². The Hall–Kier alpha value is -3.29. The Morgan fingerprint density at radius 1 is 1.26 bits per heavy atom. The molecular formula is C15H13N5O3. The lowest BCUT2D eigenvalue weighted by Gasteiger charge is -2.06. The topological polar surface area (TPSA) is 121 Å². The van der Waals surface area contributed by atoms with Gasteiger partial charge in [0.25, 0.3) is 5.56 Å². The number of H-pyrrole nitrogens is 1. The van der Waals surface area contributed by atoms with E-state index in [9.17, 15) is 9.59 Å². The second-order valence-electron chi connectivity index (χ2n) is 4.92. The number of carbonyl (C=O) groups is 1. The van der Waals surface area contributed by atoms with E-state index in [1.54, 1.807) is 25.3 Å². The molecule has 23 heavy (non-hydrogen) atoms. The van der Waals surface area contributed by atoms with Crippen LogP contribution in [-0.2, 0) is 6.54 Å². The Morgan fingerprint density at radius 3 is 2.70 bits per heavy atom. The van der Waals surface area contributed by atoms with E-state index in [1.807, 2.05) is 0 Å². The van der Waals surface area contributed by atoms with E-state index in [2.05, 4.69) is 25.3 Å². The number of hydrogen-bond acceptors (Lipinski definition) is 6. The molecule has 0 atom stereocenters. The average Bonchev–Trinajstić information content (AvgIpc) is 2.53. The molecule has 0 aliphatic carbocycles. The fourth-order valence-electron chi connectivity index (χ4n) is 2.07. The number of aromatic carboxylic acids is 1. The zero-order valence-corrected chi connectivity index (χ0v) is 12.2. The fourth-order valence-corrected chi connectivity index (χ4v) is 2.07. The lowest BCUT2D eigenvalue weighted by molar-refractivity contribution is 0.0697. The maximum atomic E-state index is 11.9. The van der Waals surface area contributed by atoms with Crippen molar-refractivity contribution in [1.29, 1.82) is 0 Å². The highest BCUT2D eigenvalue weighted by atomic mass is 16.4. The molecular weight excluding hydrogens is 298 g/mol. The summed E-state index contributed by atoms with van der Waals surface area (Å²) in [6.45, 7) is 2.03. The van der Waals surface area contributed by atoms with E-state index in [0.717, 1.165) is 5.69 Å². The monoisotopic (exact) mass is 311 g/mol. The van der Waals surface area contributed by atoms with Gasteiger partial charge in [-0.25, -0.2) is 19.7 Å². The highest BCUT2D eigenvalue weighted by molar-refractivity contribution is 5.88. The summed E-state index contributed by atoms with van der Waals surface area (Å²) in [5.74, 6) is -0.486. The van der Waals surface area contributed by atoms with Gasteiger partial charge < -0.3 is 15.4 Å². The van der Waals surface area contributed by atoms with Gasteiger partial charge in [0.15, 0.2) is 11.2 Å². The number of rotatable bonds is 4. The van der Waals surface area contributed by atoms with Gasteiger partial charge in [0.2, 0.25) is 0 Å². The van der Waals surface area contributed by atoms with Crippen molar-refractivity contribution in [1.82, 2.24) is 19.9 Å². The molecule has 2 heterocycles. The summed E-state index contributed by atoms with van der Waals surface area (Å²) in [5.41, 5.74) is 1.71. The van der Waals surface area contributed by atoms with E-state index in [0.29, 0.717) is 23.7 Å². The first-order chi connectivity index (χ1) is 11.0. The number of hydrogen-bond donors (Lipinski definition) is 3. The number of carboxylic acids is 1. The molecule has 2 aromatic heterocycles. The molecule has 3 N–H and O–H groups in total. The third-order valence-corrected chi connectivity index (χ3v) is 3.19. The van der Waals surface area contributed by atoms with Crippen LogP contribution in [0.25, 0.3) is 11.2 Å². The van der Waals surface area contributed by atoms with Crippen LogP contribution in [0.3, 0.4) is 0 Å². The van der Waals surface area contributed by atoms with Crippen LogP contribution in [0.5, 0.6) is 0 Å². The van der Waals surface area contributed by atoms with Crippen LogP contribution in [0.1, 0.15) is 21.9 Å². The second-order valence-corrected chi connectivity index (χ2v) is 4.92. The van der Waals surface area contributed by atoms with Gasteiger partial charge in [-0.2, -0.15) is 0 Å². The molecule has 0 fully saturated rings. The lowest BCUT2D eigenvalue weighted by Crippen LogP contribution is -2.14. The number of nitrogens with zero attached hydrogens (tertiary/aromatic N) is 3. The molecule has 3 aromatic rings. The molecule has 0 unspecified atom stereocenters. The predicted molar refractivity (Wildman–Crippen MR) is 83.4 cm³/mol. The summed E-state index contributed by atoms with van der Waals surface area (Å²) >= 11 is 0. The molecule has 1 aromatic carbocycles. The van der Waals surface area contributed by atoms with Gasteiger partial charge >= 0.3 is 5.97 Å². The van der Waals surface area contributed by atoms with Crippen LogP contribution in [0.15, 0.2) is 35.3 Å². The summed E-state index contributed by atoms with van der Waals surface area (Å²) in [6.07, 6.45) is 1.55.